The van der Waals surface area contributed by atoms with Gasteiger partial charge in [-0.2, -0.15) is 0 Å². The fourth-order valence-electron chi connectivity index (χ4n) is 2.58. The van der Waals surface area contributed by atoms with Gasteiger partial charge in [0.25, 0.3) is 5.91 Å². The van der Waals surface area contributed by atoms with Crippen molar-refractivity contribution in [2.45, 2.75) is 10.6 Å². The summed E-state index contributed by atoms with van der Waals surface area (Å²) in [7, 11) is 0. The molecule has 9 heteroatoms. The first-order chi connectivity index (χ1) is 14.2. The highest BCUT2D eigenvalue weighted by Gasteiger charge is 2.11. The number of aromatic nitrogens is 5. The molecule has 4 aromatic rings. The molecule has 2 aromatic carbocycles. The summed E-state index contributed by atoms with van der Waals surface area (Å²) in [6, 6.07) is 15.3. The second kappa shape index (κ2) is 8.61. The minimum atomic E-state index is -0.543. The SMILES string of the molecule is O=C(Nc1cc(-n2cnnn2)ccc1F)c1ccc(SCc2cccnc2)cc1. The monoisotopic (exact) mass is 406 g/mol. The Morgan fingerprint density at radius 1 is 1.14 bits per heavy atom. The van der Waals surface area contributed by atoms with Gasteiger partial charge in [0.2, 0.25) is 0 Å². The minimum absolute atomic E-state index is 0.0537. The number of amides is 1. The van der Waals surface area contributed by atoms with Crippen LogP contribution in [0.3, 0.4) is 0 Å². The van der Waals surface area contributed by atoms with E-state index in [4.69, 9.17) is 0 Å². The van der Waals surface area contributed by atoms with Crippen molar-refractivity contribution >= 4 is 23.4 Å². The lowest BCUT2D eigenvalue weighted by atomic mass is 10.2. The zero-order valence-electron chi connectivity index (χ0n) is 15.1. The number of carbonyl (C=O) groups excluding carboxylic acids is 1. The number of halogens is 1. The third-order valence-corrected chi connectivity index (χ3v) is 5.14. The summed E-state index contributed by atoms with van der Waals surface area (Å²) in [5.41, 5.74) is 2.15. The van der Waals surface area contributed by atoms with Crippen molar-refractivity contribution in [3.63, 3.8) is 0 Å². The number of hydrogen-bond donors (Lipinski definition) is 1. The van der Waals surface area contributed by atoms with Crippen LogP contribution in [-0.2, 0) is 5.75 Å². The summed E-state index contributed by atoms with van der Waals surface area (Å²) in [5.74, 6) is -0.158. The molecule has 0 fully saturated rings. The van der Waals surface area contributed by atoms with Gasteiger partial charge in [-0.25, -0.2) is 9.07 Å². The lowest BCUT2D eigenvalue weighted by Gasteiger charge is -2.09. The van der Waals surface area contributed by atoms with Crippen LogP contribution in [0.15, 0.2) is 78.2 Å². The fourth-order valence-corrected chi connectivity index (χ4v) is 3.41. The van der Waals surface area contributed by atoms with E-state index in [2.05, 4.69) is 25.8 Å². The number of carbonyl (C=O) groups is 1. The van der Waals surface area contributed by atoms with Gasteiger partial charge in [0.1, 0.15) is 12.1 Å². The molecule has 4 rings (SSSR count). The van der Waals surface area contributed by atoms with Gasteiger partial charge in [-0.15, -0.1) is 16.9 Å². The number of tetrazole rings is 1. The second-order valence-corrected chi connectivity index (χ2v) is 7.10. The predicted molar refractivity (Wildman–Crippen MR) is 107 cm³/mol. The van der Waals surface area contributed by atoms with Crippen molar-refractivity contribution in [1.29, 1.82) is 0 Å². The largest absolute Gasteiger partial charge is 0.319 e. The van der Waals surface area contributed by atoms with Crippen molar-refractivity contribution in [2.75, 3.05) is 5.32 Å². The van der Waals surface area contributed by atoms with Gasteiger partial charge in [0.05, 0.1) is 11.4 Å². The molecule has 0 atom stereocenters. The molecule has 0 aliphatic carbocycles. The molecule has 2 aromatic heterocycles. The number of nitrogens with one attached hydrogen (secondary N) is 1. The fraction of sp³-hybridized carbons (Fsp3) is 0.0500. The van der Waals surface area contributed by atoms with Gasteiger partial charge >= 0.3 is 0 Å². The predicted octanol–water partition coefficient (Wildman–Crippen LogP) is 3.74. The van der Waals surface area contributed by atoms with Crippen molar-refractivity contribution in [3.05, 3.63) is 90.3 Å². The van der Waals surface area contributed by atoms with Crippen molar-refractivity contribution in [3.8, 4) is 5.69 Å². The molecule has 2 heterocycles. The summed E-state index contributed by atoms with van der Waals surface area (Å²) in [5, 5.41) is 13.4. The van der Waals surface area contributed by atoms with Crippen LogP contribution in [0, 0.1) is 5.82 Å². The van der Waals surface area contributed by atoms with Crippen LogP contribution in [0.25, 0.3) is 5.69 Å². The van der Waals surface area contributed by atoms with Crippen LogP contribution >= 0.6 is 11.8 Å². The van der Waals surface area contributed by atoms with Crippen LogP contribution < -0.4 is 5.32 Å². The number of pyridine rings is 1. The van der Waals surface area contributed by atoms with E-state index in [0.29, 0.717) is 11.3 Å². The number of rotatable bonds is 6. The van der Waals surface area contributed by atoms with Crippen molar-refractivity contribution in [1.82, 2.24) is 25.2 Å². The molecular formula is C20H15FN6OS. The first-order valence-corrected chi connectivity index (χ1v) is 9.63. The quantitative estimate of drug-likeness (QED) is 0.491. The van der Waals surface area contributed by atoms with Crippen LogP contribution in [0.4, 0.5) is 10.1 Å². The Bertz CT molecular complexity index is 1100. The van der Waals surface area contributed by atoms with E-state index in [-0.39, 0.29) is 5.69 Å². The van der Waals surface area contributed by atoms with Crippen LogP contribution in [0.2, 0.25) is 0 Å². The first-order valence-electron chi connectivity index (χ1n) is 8.65. The van der Waals surface area contributed by atoms with E-state index >= 15 is 0 Å². The zero-order chi connectivity index (χ0) is 20.1. The average Bonchev–Trinajstić information content (AvgIpc) is 3.30. The summed E-state index contributed by atoms with van der Waals surface area (Å²) in [6.45, 7) is 0. The standard InChI is InChI=1S/C20H15FN6OS/c21-18-8-5-16(27-13-23-25-26-27)10-19(18)24-20(28)15-3-6-17(7-4-15)29-12-14-2-1-9-22-11-14/h1-11,13H,12H2,(H,24,28). The molecule has 29 heavy (non-hydrogen) atoms. The van der Waals surface area contributed by atoms with Gasteiger partial charge in [-0.05, 0) is 64.5 Å². The molecule has 0 aliphatic rings. The third kappa shape index (κ3) is 4.64. The summed E-state index contributed by atoms with van der Waals surface area (Å²) >= 11 is 1.65. The topological polar surface area (TPSA) is 85.6 Å². The van der Waals surface area contributed by atoms with Gasteiger partial charge in [0.15, 0.2) is 0 Å². The maximum Gasteiger partial charge on any atom is 0.255 e. The van der Waals surface area contributed by atoms with Gasteiger partial charge in [0, 0.05) is 28.6 Å². The molecule has 0 aliphatic heterocycles. The van der Waals surface area contributed by atoms with E-state index in [0.717, 1.165) is 16.2 Å². The number of hydrogen-bond acceptors (Lipinski definition) is 6. The third-order valence-electron chi connectivity index (χ3n) is 4.06. The summed E-state index contributed by atoms with van der Waals surface area (Å²) < 4.78 is 15.5. The van der Waals surface area contributed by atoms with Crippen molar-refractivity contribution < 1.29 is 9.18 Å². The van der Waals surface area contributed by atoms with Crippen LogP contribution in [0.5, 0.6) is 0 Å². The molecule has 1 amide bonds. The highest BCUT2D eigenvalue weighted by molar-refractivity contribution is 7.98. The lowest BCUT2D eigenvalue weighted by molar-refractivity contribution is 0.102. The Morgan fingerprint density at radius 3 is 2.72 bits per heavy atom. The number of thioether (sulfide) groups is 1. The molecule has 0 unspecified atom stereocenters. The maximum atomic E-state index is 14.1. The van der Waals surface area contributed by atoms with E-state index in [1.165, 1.54) is 29.2 Å². The molecular weight excluding hydrogens is 391 g/mol. The summed E-state index contributed by atoms with van der Waals surface area (Å²) in [4.78, 5) is 17.6. The Kier molecular flexibility index (Phi) is 5.57. The summed E-state index contributed by atoms with van der Waals surface area (Å²) in [6.07, 6.45) is 4.95. The van der Waals surface area contributed by atoms with Crippen molar-refractivity contribution in [2.24, 2.45) is 0 Å². The lowest BCUT2D eigenvalue weighted by Crippen LogP contribution is -2.13. The molecule has 0 saturated carbocycles. The second-order valence-electron chi connectivity index (χ2n) is 6.05. The smallest absolute Gasteiger partial charge is 0.255 e. The number of anilines is 1. The first kappa shape index (κ1) is 18.8. The Hall–Kier alpha value is -3.59. The van der Waals surface area contributed by atoms with Crippen LogP contribution in [-0.4, -0.2) is 31.1 Å². The molecule has 7 nitrogen and oxygen atoms in total. The maximum absolute atomic E-state index is 14.1. The van der Waals surface area contributed by atoms with E-state index in [1.807, 2.05) is 30.5 Å². The molecule has 0 saturated heterocycles. The Morgan fingerprint density at radius 2 is 2.00 bits per heavy atom. The van der Waals surface area contributed by atoms with Gasteiger partial charge in [-0.3, -0.25) is 9.78 Å². The Balaban J connectivity index is 1.43. The molecule has 144 valence electrons. The molecule has 0 bridgehead atoms. The van der Waals surface area contributed by atoms with Gasteiger partial charge < -0.3 is 5.32 Å². The van der Waals surface area contributed by atoms with E-state index in [1.54, 1.807) is 30.1 Å². The highest BCUT2D eigenvalue weighted by atomic mass is 32.2. The van der Waals surface area contributed by atoms with E-state index in [9.17, 15) is 9.18 Å². The van der Waals surface area contributed by atoms with Gasteiger partial charge in [-0.1, -0.05) is 6.07 Å². The average molecular weight is 406 g/mol. The molecule has 1 N–H and O–H groups in total. The zero-order valence-corrected chi connectivity index (χ0v) is 15.9. The van der Waals surface area contributed by atoms with Crippen LogP contribution in [0.1, 0.15) is 15.9 Å². The normalized spacial score (nSPS) is 10.7. The molecule has 0 radical (unpaired) electrons. The highest BCUT2D eigenvalue weighted by Crippen LogP contribution is 2.24. The number of benzene rings is 2. The number of nitrogens with zero attached hydrogens (tertiary/aromatic N) is 5. The Labute approximate surface area is 170 Å². The molecule has 0 spiro atoms. The van der Waals surface area contributed by atoms with E-state index < -0.39 is 11.7 Å². The minimum Gasteiger partial charge on any atom is -0.319 e.